The highest BCUT2D eigenvalue weighted by Crippen LogP contribution is 2.19. The standard InChI is InChI=1S/C21H24N2O2/c1-2-3-5-8-17-11-13-18(14-12-17)19-15-22-20(23-16-19)9-6-4-7-10-21(24)25/h4,6-7,10-16H,2-3,5,8-9H2,1H3,(H,24,25). The van der Waals surface area contributed by atoms with E-state index >= 15 is 0 Å². The van der Waals surface area contributed by atoms with Gasteiger partial charge in [-0.05, 0) is 24.0 Å². The van der Waals surface area contributed by atoms with Crippen molar-refractivity contribution in [2.45, 2.75) is 39.0 Å². The maximum Gasteiger partial charge on any atom is 0.328 e. The van der Waals surface area contributed by atoms with Gasteiger partial charge in [-0.1, -0.05) is 62.3 Å². The van der Waals surface area contributed by atoms with E-state index in [1.807, 2.05) is 18.5 Å². The van der Waals surface area contributed by atoms with Crippen LogP contribution in [0.25, 0.3) is 11.1 Å². The molecule has 1 aromatic heterocycles. The first-order valence-electron chi connectivity index (χ1n) is 8.65. The van der Waals surface area contributed by atoms with Crippen molar-refractivity contribution in [2.24, 2.45) is 0 Å². The smallest absolute Gasteiger partial charge is 0.328 e. The molecule has 0 radical (unpaired) electrons. The molecule has 130 valence electrons. The molecule has 0 saturated carbocycles. The van der Waals surface area contributed by atoms with E-state index in [1.54, 1.807) is 6.08 Å². The number of unbranched alkanes of at least 4 members (excludes halogenated alkanes) is 2. The van der Waals surface area contributed by atoms with E-state index in [1.165, 1.54) is 30.9 Å². The Kier molecular flexibility index (Phi) is 7.57. The molecule has 0 amide bonds. The zero-order valence-electron chi connectivity index (χ0n) is 14.6. The van der Waals surface area contributed by atoms with Gasteiger partial charge >= 0.3 is 5.97 Å². The number of carboxylic acids is 1. The van der Waals surface area contributed by atoms with Gasteiger partial charge in [-0.2, -0.15) is 0 Å². The molecule has 1 heterocycles. The van der Waals surface area contributed by atoms with Gasteiger partial charge in [0.15, 0.2) is 0 Å². The van der Waals surface area contributed by atoms with E-state index in [4.69, 9.17) is 5.11 Å². The summed E-state index contributed by atoms with van der Waals surface area (Å²) in [7, 11) is 0. The van der Waals surface area contributed by atoms with Gasteiger partial charge in [0.05, 0.1) is 0 Å². The maximum atomic E-state index is 10.3. The van der Waals surface area contributed by atoms with Crippen LogP contribution in [0, 0.1) is 0 Å². The summed E-state index contributed by atoms with van der Waals surface area (Å²) < 4.78 is 0. The largest absolute Gasteiger partial charge is 0.478 e. The Balaban J connectivity index is 1.91. The number of hydrogen-bond acceptors (Lipinski definition) is 3. The van der Waals surface area contributed by atoms with Crippen molar-refractivity contribution in [1.29, 1.82) is 0 Å². The number of nitrogens with zero attached hydrogens (tertiary/aromatic N) is 2. The molecule has 0 aliphatic heterocycles. The average Bonchev–Trinajstić information content (AvgIpc) is 2.63. The van der Waals surface area contributed by atoms with Gasteiger partial charge in [-0.25, -0.2) is 14.8 Å². The molecule has 0 spiro atoms. The molecule has 4 nitrogen and oxygen atoms in total. The predicted octanol–water partition coefficient (Wildman–Crippen LogP) is 4.62. The Morgan fingerprint density at radius 2 is 1.76 bits per heavy atom. The molecular formula is C21H24N2O2. The third-order valence-electron chi connectivity index (χ3n) is 3.85. The van der Waals surface area contributed by atoms with Crippen molar-refractivity contribution in [3.05, 3.63) is 72.4 Å². The monoisotopic (exact) mass is 336 g/mol. The van der Waals surface area contributed by atoms with Crippen molar-refractivity contribution in [3.8, 4) is 11.1 Å². The van der Waals surface area contributed by atoms with E-state index in [0.717, 1.165) is 23.6 Å². The second-order valence-electron chi connectivity index (χ2n) is 5.87. The zero-order chi connectivity index (χ0) is 17.9. The van der Waals surface area contributed by atoms with E-state index in [9.17, 15) is 4.79 Å². The molecule has 25 heavy (non-hydrogen) atoms. The first-order chi connectivity index (χ1) is 12.2. The van der Waals surface area contributed by atoms with Gasteiger partial charge in [0, 0.05) is 30.5 Å². The summed E-state index contributed by atoms with van der Waals surface area (Å²) in [6.07, 6.45) is 15.2. The number of aliphatic carboxylic acids is 1. The van der Waals surface area contributed by atoms with Gasteiger partial charge in [-0.15, -0.1) is 0 Å². The Morgan fingerprint density at radius 3 is 2.40 bits per heavy atom. The summed E-state index contributed by atoms with van der Waals surface area (Å²) in [5.41, 5.74) is 3.48. The lowest BCUT2D eigenvalue weighted by Gasteiger charge is -2.04. The van der Waals surface area contributed by atoms with E-state index < -0.39 is 5.97 Å². The maximum absolute atomic E-state index is 10.3. The molecule has 0 aliphatic rings. The lowest BCUT2D eigenvalue weighted by Crippen LogP contribution is -1.93. The summed E-state index contributed by atoms with van der Waals surface area (Å²) in [5.74, 6) is -0.249. The third-order valence-corrected chi connectivity index (χ3v) is 3.85. The quantitative estimate of drug-likeness (QED) is 0.412. The number of carboxylic acid groups (broad SMARTS) is 1. The lowest BCUT2D eigenvalue weighted by atomic mass is 10.0. The molecule has 2 aromatic rings. The predicted molar refractivity (Wildman–Crippen MR) is 100 cm³/mol. The molecular weight excluding hydrogens is 312 g/mol. The minimum Gasteiger partial charge on any atom is -0.478 e. The molecule has 0 fully saturated rings. The molecule has 4 heteroatoms. The minimum absolute atomic E-state index is 0.570. The highest BCUT2D eigenvalue weighted by Gasteiger charge is 2.01. The van der Waals surface area contributed by atoms with Gasteiger partial charge in [0.2, 0.25) is 0 Å². The number of allylic oxidation sites excluding steroid dienone is 3. The third kappa shape index (κ3) is 6.71. The fourth-order valence-electron chi connectivity index (χ4n) is 2.44. The molecule has 0 unspecified atom stereocenters. The molecule has 0 bridgehead atoms. The Hall–Kier alpha value is -2.75. The van der Waals surface area contributed by atoms with E-state index in [0.29, 0.717) is 12.2 Å². The number of aromatic nitrogens is 2. The average molecular weight is 336 g/mol. The Labute approximate surface area is 149 Å². The van der Waals surface area contributed by atoms with E-state index in [-0.39, 0.29) is 0 Å². The second-order valence-corrected chi connectivity index (χ2v) is 5.87. The second kappa shape index (κ2) is 10.2. The fraction of sp³-hybridized carbons (Fsp3) is 0.286. The van der Waals surface area contributed by atoms with Crippen LogP contribution in [0.2, 0.25) is 0 Å². The molecule has 0 atom stereocenters. The van der Waals surface area contributed by atoms with Crippen LogP contribution in [0.15, 0.2) is 61.0 Å². The first kappa shape index (κ1) is 18.6. The normalized spacial score (nSPS) is 11.4. The summed E-state index contributed by atoms with van der Waals surface area (Å²) >= 11 is 0. The van der Waals surface area contributed by atoms with E-state index in [2.05, 4.69) is 41.2 Å². The fourth-order valence-corrected chi connectivity index (χ4v) is 2.44. The van der Waals surface area contributed by atoms with Crippen LogP contribution in [0.4, 0.5) is 0 Å². The van der Waals surface area contributed by atoms with Crippen molar-refractivity contribution in [2.75, 3.05) is 0 Å². The number of aryl methyl sites for hydroxylation is 1. The van der Waals surface area contributed by atoms with Gasteiger partial charge in [0.25, 0.3) is 0 Å². The summed E-state index contributed by atoms with van der Waals surface area (Å²) in [4.78, 5) is 19.1. The first-order valence-corrected chi connectivity index (χ1v) is 8.65. The van der Waals surface area contributed by atoms with Gasteiger partial charge in [-0.3, -0.25) is 0 Å². The van der Waals surface area contributed by atoms with Crippen LogP contribution >= 0.6 is 0 Å². The van der Waals surface area contributed by atoms with Crippen LogP contribution in [0.3, 0.4) is 0 Å². The van der Waals surface area contributed by atoms with Gasteiger partial charge in [0.1, 0.15) is 5.82 Å². The SMILES string of the molecule is CCCCCc1ccc(-c2cnc(CC=CC=CC(=O)O)nc2)cc1. The number of benzene rings is 1. The number of carbonyl (C=O) groups is 1. The lowest BCUT2D eigenvalue weighted by molar-refractivity contribution is -0.131. The number of hydrogen-bond donors (Lipinski definition) is 1. The summed E-state index contributed by atoms with van der Waals surface area (Å²) in [6.45, 7) is 2.22. The minimum atomic E-state index is -0.957. The van der Waals surface area contributed by atoms with Crippen LogP contribution in [-0.2, 0) is 17.6 Å². The molecule has 0 saturated heterocycles. The van der Waals surface area contributed by atoms with Crippen molar-refractivity contribution in [3.63, 3.8) is 0 Å². The van der Waals surface area contributed by atoms with Crippen molar-refractivity contribution in [1.82, 2.24) is 9.97 Å². The van der Waals surface area contributed by atoms with Crippen LogP contribution < -0.4 is 0 Å². The van der Waals surface area contributed by atoms with Crippen LogP contribution in [0.1, 0.15) is 37.6 Å². The van der Waals surface area contributed by atoms with Crippen molar-refractivity contribution < 1.29 is 9.90 Å². The van der Waals surface area contributed by atoms with Crippen LogP contribution in [0.5, 0.6) is 0 Å². The molecule has 2 rings (SSSR count). The molecule has 0 aliphatic carbocycles. The Bertz CT molecular complexity index is 717. The molecule has 1 N–H and O–H groups in total. The Morgan fingerprint density at radius 1 is 1.04 bits per heavy atom. The highest BCUT2D eigenvalue weighted by atomic mass is 16.4. The number of rotatable bonds is 9. The van der Waals surface area contributed by atoms with Gasteiger partial charge < -0.3 is 5.11 Å². The van der Waals surface area contributed by atoms with Crippen LogP contribution in [-0.4, -0.2) is 21.0 Å². The molecule has 1 aromatic carbocycles. The van der Waals surface area contributed by atoms with Crippen molar-refractivity contribution >= 4 is 5.97 Å². The summed E-state index contributed by atoms with van der Waals surface area (Å²) in [6, 6.07) is 8.60. The zero-order valence-corrected chi connectivity index (χ0v) is 14.6. The highest BCUT2D eigenvalue weighted by molar-refractivity contribution is 5.80. The topological polar surface area (TPSA) is 63.1 Å². The summed E-state index contributed by atoms with van der Waals surface area (Å²) in [5, 5.41) is 8.49.